The molecule has 0 spiro atoms. The zero-order valence-corrected chi connectivity index (χ0v) is 27.6. The largest absolute Gasteiger partial charge is 0.309 e. The third-order valence-corrected chi connectivity index (χ3v) is 11.5. The second-order valence-corrected chi connectivity index (χ2v) is 13.9. The molecule has 1 aromatic heterocycles. The van der Waals surface area contributed by atoms with E-state index < -0.39 is 5.41 Å². The lowest BCUT2D eigenvalue weighted by Crippen LogP contribution is -2.28. The molecule has 8 aromatic carbocycles. The Hall–Kier alpha value is -5.96. The van der Waals surface area contributed by atoms with E-state index in [-0.39, 0.29) is 0 Å². The first kappa shape index (κ1) is 28.1. The third-order valence-electron chi connectivity index (χ3n) is 10.3. The minimum Gasteiger partial charge on any atom is -0.309 e. The van der Waals surface area contributed by atoms with Gasteiger partial charge in [-0.2, -0.15) is 0 Å². The van der Waals surface area contributed by atoms with E-state index in [1.165, 1.54) is 70.0 Å². The Morgan fingerprint density at radius 2 is 0.980 bits per heavy atom. The van der Waals surface area contributed by atoms with Crippen LogP contribution in [0.4, 0.5) is 17.1 Å². The van der Waals surface area contributed by atoms with Gasteiger partial charge >= 0.3 is 0 Å². The van der Waals surface area contributed by atoms with Crippen molar-refractivity contribution in [1.29, 1.82) is 0 Å². The smallest absolute Gasteiger partial charge is 0.0714 e. The highest BCUT2D eigenvalue weighted by molar-refractivity contribution is 7.26. The van der Waals surface area contributed by atoms with Crippen LogP contribution in [0.5, 0.6) is 0 Å². The summed E-state index contributed by atoms with van der Waals surface area (Å²) in [6.45, 7) is 0. The van der Waals surface area contributed by atoms with Crippen molar-refractivity contribution >= 4 is 59.3 Å². The molecular formula is C47H31NS. The number of nitrogens with zero attached hydrogens (tertiary/aromatic N) is 1. The maximum Gasteiger partial charge on any atom is 0.0714 e. The molecule has 0 aliphatic heterocycles. The van der Waals surface area contributed by atoms with Crippen molar-refractivity contribution in [2.75, 3.05) is 4.90 Å². The summed E-state index contributed by atoms with van der Waals surface area (Å²) in [6.07, 6.45) is 0. The van der Waals surface area contributed by atoms with Crippen molar-refractivity contribution in [1.82, 2.24) is 0 Å². The summed E-state index contributed by atoms with van der Waals surface area (Å²) in [7, 11) is 0. The van der Waals surface area contributed by atoms with Gasteiger partial charge in [0.1, 0.15) is 0 Å². The predicted molar refractivity (Wildman–Crippen MR) is 209 cm³/mol. The Bertz CT molecular complexity index is 2630. The van der Waals surface area contributed by atoms with E-state index in [0.717, 1.165) is 11.4 Å². The van der Waals surface area contributed by atoms with Crippen LogP contribution in [0.1, 0.15) is 22.3 Å². The van der Waals surface area contributed by atoms with E-state index in [0.29, 0.717) is 0 Å². The van der Waals surface area contributed by atoms with Crippen molar-refractivity contribution in [3.8, 4) is 11.1 Å². The van der Waals surface area contributed by atoms with Gasteiger partial charge in [0.25, 0.3) is 0 Å². The van der Waals surface area contributed by atoms with Crippen LogP contribution in [0.25, 0.3) is 42.1 Å². The Balaban J connectivity index is 1.25. The van der Waals surface area contributed by atoms with Crippen LogP contribution in [0.3, 0.4) is 0 Å². The van der Waals surface area contributed by atoms with Crippen molar-refractivity contribution in [2.24, 2.45) is 0 Å². The normalized spacial score (nSPS) is 13.1. The zero-order chi connectivity index (χ0) is 32.4. The van der Waals surface area contributed by atoms with Gasteiger partial charge in [-0.3, -0.25) is 0 Å². The summed E-state index contributed by atoms with van der Waals surface area (Å²) in [4.78, 5) is 2.45. The lowest BCUT2D eigenvalue weighted by molar-refractivity contribution is 0.768. The van der Waals surface area contributed by atoms with Gasteiger partial charge < -0.3 is 4.90 Å². The zero-order valence-electron chi connectivity index (χ0n) is 26.8. The van der Waals surface area contributed by atoms with Crippen LogP contribution in [0, 0.1) is 0 Å². The van der Waals surface area contributed by atoms with Gasteiger partial charge in [0.2, 0.25) is 0 Å². The molecule has 0 amide bonds. The molecule has 49 heavy (non-hydrogen) atoms. The van der Waals surface area contributed by atoms with Crippen molar-refractivity contribution < 1.29 is 0 Å². The van der Waals surface area contributed by atoms with E-state index >= 15 is 0 Å². The molecule has 1 nitrogen and oxygen atoms in total. The second kappa shape index (κ2) is 11.1. The standard InChI is InChI=1S/C47H31NS/c1-3-17-34(18-4-1)47(42-26-11-9-23-38(42)39-24-10-12-27-43(39)47)35-19-13-22-37(31-35)48(36-20-5-2-6-21-36)44-28-14-25-40-41-29-32-15-7-8-16-33(32)30-45(41)49-46(40)44/h1-31H. The fourth-order valence-corrected chi connectivity index (χ4v) is 9.48. The second-order valence-electron chi connectivity index (χ2n) is 12.9. The number of anilines is 3. The van der Waals surface area contributed by atoms with Gasteiger partial charge in [-0.1, -0.05) is 146 Å². The van der Waals surface area contributed by atoms with Crippen molar-refractivity contribution in [3.63, 3.8) is 0 Å². The Kier molecular flexibility index (Phi) is 6.34. The van der Waals surface area contributed by atoms with E-state index in [4.69, 9.17) is 0 Å². The van der Waals surface area contributed by atoms with Crippen molar-refractivity contribution in [3.05, 3.63) is 210 Å². The summed E-state index contributed by atoms with van der Waals surface area (Å²) in [5, 5.41) is 5.15. The monoisotopic (exact) mass is 641 g/mol. The van der Waals surface area contributed by atoms with E-state index in [2.05, 4.69) is 193 Å². The molecule has 0 atom stereocenters. The molecule has 0 unspecified atom stereocenters. The average molecular weight is 642 g/mol. The molecule has 0 saturated heterocycles. The Morgan fingerprint density at radius 1 is 0.408 bits per heavy atom. The van der Waals surface area contributed by atoms with E-state index in [9.17, 15) is 0 Å². The molecule has 0 saturated carbocycles. The molecule has 0 fully saturated rings. The first-order chi connectivity index (χ1) is 24.3. The van der Waals surface area contributed by atoms with E-state index in [1.54, 1.807) is 0 Å². The quantitative estimate of drug-likeness (QED) is 0.181. The summed E-state index contributed by atoms with van der Waals surface area (Å²) >= 11 is 1.89. The fraction of sp³-hybridized carbons (Fsp3) is 0.0213. The fourth-order valence-electron chi connectivity index (χ4n) is 8.24. The molecule has 0 radical (unpaired) electrons. The first-order valence-electron chi connectivity index (χ1n) is 16.9. The Morgan fingerprint density at radius 3 is 1.71 bits per heavy atom. The van der Waals surface area contributed by atoms with Crippen LogP contribution in [0.2, 0.25) is 0 Å². The van der Waals surface area contributed by atoms with Crippen LogP contribution < -0.4 is 4.90 Å². The van der Waals surface area contributed by atoms with Gasteiger partial charge in [0.15, 0.2) is 0 Å². The van der Waals surface area contributed by atoms with Gasteiger partial charge in [-0.05, 0) is 86.6 Å². The SMILES string of the molecule is c1ccc(N(c2cccc(C3(c4ccccc4)c4ccccc4-c4ccccc43)c2)c2cccc3c2sc2cc4ccccc4cc23)cc1. The molecule has 0 N–H and O–H groups in total. The Labute approximate surface area is 290 Å². The summed E-state index contributed by atoms with van der Waals surface area (Å²) in [5.74, 6) is 0. The molecule has 1 aliphatic rings. The molecule has 1 aliphatic carbocycles. The number of hydrogen-bond donors (Lipinski definition) is 0. The third kappa shape index (κ3) is 4.18. The number of benzene rings is 8. The highest BCUT2D eigenvalue weighted by atomic mass is 32.1. The lowest BCUT2D eigenvalue weighted by atomic mass is 9.67. The minimum absolute atomic E-state index is 0.462. The molecule has 0 bridgehead atoms. The molecule has 9 aromatic rings. The van der Waals surface area contributed by atoms with Gasteiger partial charge in [-0.25, -0.2) is 0 Å². The predicted octanol–water partition coefficient (Wildman–Crippen LogP) is 13.0. The highest BCUT2D eigenvalue weighted by Gasteiger charge is 2.46. The van der Waals surface area contributed by atoms with Gasteiger partial charge in [-0.15, -0.1) is 11.3 Å². The van der Waals surface area contributed by atoms with Gasteiger partial charge in [0.05, 0.1) is 15.8 Å². The number of thiophene rings is 1. The number of hydrogen-bond acceptors (Lipinski definition) is 2. The van der Waals surface area contributed by atoms with Crippen LogP contribution in [-0.4, -0.2) is 0 Å². The summed E-state index contributed by atoms with van der Waals surface area (Å²) in [6, 6.07) is 69.2. The van der Waals surface area contributed by atoms with Crippen LogP contribution in [-0.2, 0) is 5.41 Å². The lowest BCUT2D eigenvalue weighted by Gasteiger charge is -2.35. The number of rotatable bonds is 5. The molecule has 2 heteroatoms. The van der Waals surface area contributed by atoms with Crippen LogP contribution in [0.15, 0.2) is 188 Å². The number of para-hydroxylation sites is 1. The molecular weight excluding hydrogens is 611 g/mol. The minimum atomic E-state index is -0.462. The summed E-state index contributed by atoms with van der Waals surface area (Å²) < 4.78 is 2.60. The first-order valence-corrected chi connectivity index (χ1v) is 17.7. The molecule has 230 valence electrons. The summed E-state index contributed by atoms with van der Waals surface area (Å²) in [5.41, 5.74) is 10.8. The maximum atomic E-state index is 2.45. The van der Waals surface area contributed by atoms with E-state index in [1.807, 2.05) is 11.3 Å². The average Bonchev–Trinajstić information content (AvgIpc) is 3.69. The maximum absolute atomic E-state index is 2.45. The van der Waals surface area contributed by atoms with Gasteiger partial charge in [0, 0.05) is 26.8 Å². The highest BCUT2D eigenvalue weighted by Crippen LogP contribution is 2.56. The van der Waals surface area contributed by atoms with Crippen LogP contribution >= 0.6 is 11.3 Å². The van der Waals surface area contributed by atoms with Crippen molar-refractivity contribution in [2.45, 2.75) is 5.41 Å². The number of fused-ring (bicyclic) bond motifs is 7. The molecule has 1 heterocycles. The topological polar surface area (TPSA) is 3.24 Å². The molecule has 10 rings (SSSR count).